The Kier molecular flexibility index (Phi) is 2.61. The smallest absolute Gasteiger partial charge is 0.322 e. The summed E-state index contributed by atoms with van der Waals surface area (Å²) >= 11 is 0. The van der Waals surface area contributed by atoms with Crippen molar-refractivity contribution in [2.75, 3.05) is 13.2 Å². The fourth-order valence-electron chi connectivity index (χ4n) is 2.34. The number of hydrogen-bond donors (Lipinski definition) is 1. The lowest BCUT2D eigenvalue weighted by Crippen LogP contribution is -2.54. The van der Waals surface area contributed by atoms with E-state index in [9.17, 15) is 14.7 Å². The van der Waals surface area contributed by atoms with Gasteiger partial charge in [-0.15, -0.1) is 0 Å². The molecule has 0 saturated carbocycles. The van der Waals surface area contributed by atoms with Crippen LogP contribution in [0.15, 0.2) is 42.5 Å². The first kappa shape index (κ1) is 11.9. The first-order chi connectivity index (χ1) is 9.15. The molecule has 0 radical (unpaired) electrons. The maximum atomic E-state index is 12.5. The summed E-state index contributed by atoms with van der Waals surface area (Å²) in [5.41, 5.74) is -0.965. The summed E-state index contributed by atoms with van der Waals surface area (Å²) in [4.78, 5) is 23.9. The van der Waals surface area contributed by atoms with Gasteiger partial charge in [0, 0.05) is 5.56 Å². The van der Waals surface area contributed by atoms with E-state index < -0.39 is 11.4 Å². The molecular weight excluding hydrogens is 244 g/mol. The number of fused-ring (bicyclic) bond motifs is 1. The standard InChI is InChI=1S/C15H12O4/c16-13(15(14(17)18)8-19-9-15)12-7-3-5-10-4-1-2-6-11(10)12/h1-7H,8-9H2,(H,17,18). The van der Waals surface area contributed by atoms with Crippen LogP contribution < -0.4 is 0 Å². The molecule has 0 aliphatic carbocycles. The molecule has 1 N–H and O–H groups in total. The molecule has 1 aliphatic rings. The summed E-state index contributed by atoms with van der Waals surface area (Å²) in [5.74, 6) is -1.49. The third-order valence-corrected chi connectivity index (χ3v) is 3.58. The van der Waals surface area contributed by atoms with Crippen molar-refractivity contribution in [1.29, 1.82) is 0 Å². The Labute approximate surface area is 109 Å². The lowest BCUT2D eigenvalue weighted by molar-refractivity contribution is -0.168. The second kappa shape index (κ2) is 4.17. The van der Waals surface area contributed by atoms with Crippen molar-refractivity contribution >= 4 is 22.5 Å². The zero-order valence-corrected chi connectivity index (χ0v) is 10.1. The molecule has 1 heterocycles. The zero-order chi connectivity index (χ0) is 13.5. The summed E-state index contributed by atoms with van der Waals surface area (Å²) in [5, 5.41) is 11.0. The number of ketones is 1. The van der Waals surface area contributed by atoms with E-state index in [2.05, 4.69) is 0 Å². The maximum absolute atomic E-state index is 12.5. The van der Waals surface area contributed by atoms with Gasteiger partial charge >= 0.3 is 5.97 Å². The average Bonchev–Trinajstić information content (AvgIpc) is 2.36. The Balaban J connectivity index is 2.15. The Morgan fingerprint density at radius 3 is 2.37 bits per heavy atom. The van der Waals surface area contributed by atoms with Crippen LogP contribution in [0.4, 0.5) is 0 Å². The highest BCUT2D eigenvalue weighted by atomic mass is 16.5. The van der Waals surface area contributed by atoms with Gasteiger partial charge in [0.05, 0.1) is 13.2 Å². The first-order valence-corrected chi connectivity index (χ1v) is 5.99. The number of rotatable bonds is 3. The van der Waals surface area contributed by atoms with E-state index in [0.717, 1.165) is 10.8 Å². The van der Waals surface area contributed by atoms with Crippen LogP contribution >= 0.6 is 0 Å². The summed E-state index contributed by atoms with van der Waals surface area (Å²) in [6, 6.07) is 12.8. The topological polar surface area (TPSA) is 63.6 Å². The largest absolute Gasteiger partial charge is 0.480 e. The van der Waals surface area contributed by atoms with Gasteiger partial charge < -0.3 is 9.84 Å². The minimum atomic E-state index is -1.41. The number of benzene rings is 2. The van der Waals surface area contributed by atoms with E-state index in [-0.39, 0.29) is 19.0 Å². The molecule has 0 spiro atoms. The van der Waals surface area contributed by atoms with Gasteiger partial charge in [-0.3, -0.25) is 9.59 Å². The molecule has 0 aromatic heterocycles. The monoisotopic (exact) mass is 256 g/mol. The number of carbonyl (C=O) groups is 2. The Hall–Kier alpha value is -2.20. The fourth-order valence-corrected chi connectivity index (χ4v) is 2.34. The molecule has 2 aromatic rings. The van der Waals surface area contributed by atoms with E-state index >= 15 is 0 Å². The highest BCUT2D eigenvalue weighted by Crippen LogP contribution is 2.34. The summed E-state index contributed by atoms with van der Waals surface area (Å²) < 4.78 is 4.95. The van der Waals surface area contributed by atoms with E-state index in [1.54, 1.807) is 12.1 Å². The number of hydrogen-bond acceptors (Lipinski definition) is 3. The van der Waals surface area contributed by atoms with E-state index in [0.29, 0.717) is 5.56 Å². The molecule has 2 aromatic carbocycles. The molecule has 1 aliphatic heterocycles. The molecule has 96 valence electrons. The molecular formula is C15H12O4. The molecule has 4 heteroatoms. The summed E-state index contributed by atoms with van der Waals surface area (Å²) in [7, 11) is 0. The van der Waals surface area contributed by atoms with Gasteiger partial charge in [0.15, 0.2) is 11.2 Å². The number of Topliss-reactive ketones (excluding diaryl/α,β-unsaturated/α-hetero) is 1. The van der Waals surface area contributed by atoms with Gasteiger partial charge in [0.25, 0.3) is 0 Å². The van der Waals surface area contributed by atoms with Gasteiger partial charge in [-0.05, 0) is 10.8 Å². The number of carbonyl (C=O) groups excluding carboxylic acids is 1. The van der Waals surface area contributed by atoms with Gasteiger partial charge in [0.1, 0.15) is 0 Å². The maximum Gasteiger partial charge on any atom is 0.322 e. The molecule has 4 nitrogen and oxygen atoms in total. The van der Waals surface area contributed by atoms with Crippen LogP contribution in [0.1, 0.15) is 10.4 Å². The van der Waals surface area contributed by atoms with Crippen molar-refractivity contribution in [2.24, 2.45) is 5.41 Å². The van der Waals surface area contributed by atoms with E-state index in [1.165, 1.54) is 0 Å². The van der Waals surface area contributed by atoms with Crippen LogP contribution in [0, 0.1) is 5.41 Å². The molecule has 0 unspecified atom stereocenters. The van der Waals surface area contributed by atoms with Crippen LogP contribution in [0.5, 0.6) is 0 Å². The molecule has 0 bridgehead atoms. The molecule has 1 fully saturated rings. The van der Waals surface area contributed by atoms with Crippen LogP contribution in [0.25, 0.3) is 10.8 Å². The second-order valence-corrected chi connectivity index (χ2v) is 4.74. The van der Waals surface area contributed by atoms with Crippen molar-refractivity contribution in [3.05, 3.63) is 48.0 Å². The van der Waals surface area contributed by atoms with Crippen LogP contribution in [-0.2, 0) is 9.53 Å². The molecule has 1 saturated heterocycles. The number of aliphatic carboxylic acids is 1. The highest BCUT2D eigenvalue weighted by Gasteiger charge is 2.53. The predicted molar refractivity (Wildman–Crippen MR) is 69.2 cm³/mol. The molecule has 0 atom stereocenters. The van der Waals surface area contributed by atoms with Crippen molar-refractivity contribution in [1.82, 2.24) is 0 Å². The zero-order valence-electron chi connectivity index (χ0n) is 10.1. The molecule has 19 heavy (non-hydrogen) atoms. The second-order valence-electron chi connectivity index (χ2n) is 4.74. The van der Waals surface area contributed by atoms with Crippen molar-refractivity contribution < 1.29 is 19.4 Å². The minimum absolute atomic E-state index is 0.0512. The third-order valence-electron chi connectivity index (χ3n) is 3.58. The Morgan fingerprint density at radius 1 is 1.05 bits per heavy atom. The van der Waals surface area contributed by atoms with Crippen LogP contribution in [0.3, 0.4) is 0 Å². The third kappa shape index (κ3) is 1.64. The van der Waals surface area contributed by atoms with Gasteiger partial charge in [0.2, 0.25) is 0 Å². The summed E-state index contributed by atoms with van der Waals surface area (Å²) in [6.45, 7) is -0.102. The lowest BCUT2D eigenvalue weighted by atomic mass is 9.77. The first-order valence-electron chi connectivity index (χ1n) is 5.99. The molecule has 0 amide bonds. The predicted octanol–water partition coefficient (Wildman–Crippen LogP) is 2.12. The van der Waals surface area contributed by atoms with Gasteiger partial charge in [-0.1, -0.05) is 42.5 Å². The highest BCUT2D eigenvalue weighted by molar-refractivity contribution is 6.18. The van der Waals surface area contributed by atoms with Crippen molar-refractivity contribution in [3.8, 4) is 0 Å². The quantitative estimate of drug-likeness (QED) is 0.675. The lowest BCUT2D eigenvalue weighted by Gasteiger charge is -2.35. The minimum Gasteiger partial charge on any atom is -0.480 e. The van der Waals surface area contributed by atoms with Crippen molar-refractivity contribution in [3.63, 3.8) is 0 Å². The summed E-state index contributed by atoms with van der Waals surface area (Å²) in [6.07, 6.45) is 0. The normalized spacial score (nSPS) is 16.8. The van der Waals surface area contributed by atoms with Gasteiger partial charge in [-0.2, -0.15) is 0 Å². The van der Waals surface area contributed by atoms with E-state index in [1.807, 2.05) is 30.3 Å². The Morgan fingerprint density at radius 2 is 1.74 bits per heavy atom. The van der Waals surface area contributed by atoms with Crippen LogP contribution in [-0.4, -0.2) is 30.1 Å². The van der Waals surface area contributed by atoms with Gasteiger partial charge in [-0.25, -0.2) is 0 Å². The average molecular weight is 256 g/mol. The fraction of sp³-hybridized carbons (Fsp3) is 0.200. The number of carboxylic acids is 1. The van der Waals surface area contributed by atoms with E-state index in [4.69, 9.17) is 4.74 Å². The van der Waals surface area contributed by atoms with Crippen molar-refractivity contribution in [2.45, 2.75) is 0 Å². The molecule has 3 rings (SSSR count). The number of ether oxygens (including phenoxy) is 1. The SMILES string of the molecule is O=C(O)C1(C(=O)c2cccc3ccccc23)COC1. The Bertz CT molecular complexity index is 665. The van der Waals surface area contributed by atoms with Crippen LogP contribution in [0.2, 0.25) is 0 Å². The number of carboxylic acid groups (broad SMARTS) is 1.